The Morgan fingerprint density at radius 1 is 1.82 bits per heavy atom. The Kier molecular flexibility index (Phi) is 2.03. The van der Waals surface area contributed by atoms with E-state index in [1.165, 1.54) is 0 Å². The third kappa shape index (κ3) is 1.06. The molecule has 0 saturated heterocycles. The van der Waals surface area contributed by atoms with E-state index in [-0.39, 0.29) is 5.92 Å². The van der Waals surface area contributed by atoms with Gasteiger partial charge in [0.25, 0.3) is 0 Å². The summed E-state index contributed by atoms with van der Waals surface area (Å²) in [5.41, 5.74) is -0.625. The van der Waals surface area contributed by atoms with Gasteiger partial charge in [-0.15, -0.1) is 6.58 Å². The van der Waals surface area contributed by atoms with Crippen LogP contribution in [-0.2, 0) is 4.79 Å². The molecule has 2 heteroatoms. The number of carboxylic acid groups (broad SMARTS) is 1. The van der Waals surface area contributed by atoms with Crippen molar-refractivity contribution in [2.24, 2.45) is 11.3 Å². The highest BCUT2D eigenvalue weighted by molar-refractivity contribution is 5.77. The maximum atomic E-state index is 10.9. The van der Waals surface area contributed by atoms with Crippen molar-refractivity contribution in [2.45, 2.75) is 26.2 Å². The lowest BCUT2D eigenvalue weighted by molar-refractivity contribution is -0.147. The summed E-state index contributed by atoms with van der Waals surface area (Å²) in [5, 5.41) is 8.96. The van der Waals surface area contributed by atoms with Crippen molar-refractivity contribution < 1.29 is 9.90 Å². The monoisotopic (exact) mass is 154 g/mol. The van der Waals surface area contributed by atoms with Gasteiger partial charge in [0.1, 0.15) is 0 Å². The molecule has 0 aromatic carbocycles. The standard InChI is InChI=1S/C9H14O2/c1-3-9(8(10)11)6-4-5-7(9)2/h3,7H,1,4-6H2,2H3,(H,10,11). The summed E-state index contributed by atoms with van der Waals surface area (Å²) in [7, 11) is 0. The molecule has 1 saturated carbocycles. The van der Waals surface area contributed by atoms with E-state index in [2.05, 4.69) is 6.58 Å². The van der Waals surface area contributed by atoms with E-state index in [0.29, 0.717) is 0 Å². The summed E-state index contributed by atoms with van der Waals surface area (Å²) in [6.07, 6.45) is 4.39. The number of carboxylic acids is 1. The molecule has 2 atom stereocenters. The maximum absolute atomic E-state index is 10.9. The molecule has 1 aliphatic rings. The van der Waals surface area contributed by atoms with Crippen molar-refractivity contribution in [3.63, 3.8) is 0 Å². The van der Waals surface area contributed by atoms with Crippen LogP contribution in [0.1, 0.15) is 26.2 Å². The molecule has 0 radical (unpaired) electrons. The first kappa shape index (κ1) is 8.31. The van der Waals surface area contributed by atoms with Gasteiger partial charge in [-0.25, -0.2) is 0 Å². The molecular weight excluding hydrogens is 140 g/mol. The van der Waals surface area contributed by atoms with Gasteiger partial charge >= 0.3 is 5.97 Å². The van der Waals surface area contributed by atoms with Crippen molar-refractivity contribution >= 4 is 5.97 Å². The first-order valence-corrected chi connectivity index (χ1v) is 4.00. The van der Waals surface area contributed by atoms with Gasteiger partial charge in [0.15, 0.2) is 0 Å². The second-order valence-electron chi connectivity index (χ2n) is 3.34. The van der Waals surface area contributed by atoms with Crippen LogP contribution in [0.25, 0.3) is 0 Å². The van der Waals surface area contributed by atoms with Crippen molar-refractivity contribution in [2.75, 3.05) is 0 Å². The lowest BCUT2D eigenvalue weighted by Crippen LogP contribution is -2.30. The highest BCUT2D eigenvalue weighted by atomic mass is 16.4. The fourth-order valence-corrected chi connectivity index (χ4v) is 1.91. The topological polar surface area (TPSA) is 37.3 Å². The molecule has 1 rings (SSSR count). The molecule has 1 fully saturated rings. The first-order chi connectivity index (χ1) is 5.13. The Bertz CT molecular complexity index is 186. The lowest BCUT2D eigenvalue weighted by atomic mass is 9.79. The van der Waals surface area contributed by atoms with Gasteiger partial charge in [-0.3, -0.25) is 4.79 Å². The minimum absolute atomic E-state index is 0.248. The fourth-order valence-electron chi connectivity index (χ4n) is 1.91. The molecule has 0 amide bonds. The third-order valence-electron chi connectivity index (χ3n) is 2.87. The highest BCUT2D eigenvalue weighted by Crippen LogP contribution is 2.44. The summed E-state index contributed by atoms with van der Waals surface area (Å²) in [6, 6.07) is 0. The van der Waals surface area contributed by atoms with Gasteiger partial charge in [-0.1, -0.05) is 19.4 Å². The zero-order valence-corrected chi connectivity index (χ0v) is 6.84. The number of hydrogen-bond donors (Lipinski definition) is 1. The van der Waals surface area contributed by atoms with Crippen LogP contribution >= 0.6 is 0 Å². The number of aliphatic carboxylic acids is 1. The van der Waals surface area contributed by atoms with Gasteiger partial charge in [0.2, 0.25) is 0 Å². The Labute approximate surface area is 66.9 Å². The molecule has 0 aliphatic heterocycles. The number of hydrogen-bond acceptors (Lipinski definition) is 1. The van der Waals surface area contributed by atoms with Crippen molar-refractivity contribution in [1.29, 1.82) is 0 Å². The maximum Gasteiger partial charge on any atom is 0.313 e. The lowest BCUT2D eigenvalue weighted by Gasteiger charge is -2.24. The summed E-state index contributed by atoms with van der Waals surface area (Å²) in [4.78, 5) is 10.9. The largest absolute Gasteiger partial charge is 0.481 e. The molecule has 62 valence electrons. The second kappa shape index (κ2) is 2.68. The van der Waals surface area contributed by atoms with Gasteiger partial charge < -0.3 is 5.11 Å². The molecule has 0 aromatic rings. The average molecular weight is 154 g/mol. The Morgan fingerprint density at radius 3 is 2.64 bits per heavy atom. The van der Waals surface area contributed by atoms with Crippen molar-refractivity contribution in [3.8, 4) is 0 Å². The van der Waals surface area contributed by atoms with E-state index < -0.39 is 11.4 Å². The number of carbonyl (C=O) groups is 1. The summed E-state index contributed by atoms with van der Waals surface area (Å²) >= 11 is 0. The predicted octanol–water partition coefficient (Wildman–Crippen LogP) is 2.06. The Balaban J connectivity index is 2.90. The van der Waals surface area contributed by atoms with Gasteiger partial charge in [0, 0.05) is 0 Å². The van der Waals surface area contributed by atoms with E-state index in [1.807, 2.05) is 6.92 Å². The average Bonchev–Trinajstić information content (AvgIpc) is 2.32. The minimum Gasteiger partial charge on any atom is -0.481 e. The molecule has 0 spiro atoms. The van der Waals surface area contributed by atoms with Crippen molar-refractivity contribution in [3.05, 3.63) is 12.7 Å². The van der Waals surface area contributed by atoms with Crippen LogP contribution in [0.15, 0.2) is 12.7 Å². The van der Waals surface area contributed by atoms with Crippen LogP contribution in [0.3, 0.4) is 0 Å². The molecule has 2 unspecified atom stereocenters. The van der Waals surface area contributed by atoms with Gasteiger partial charge in [-0.05, 0) is 18.8 Å². The molecule has 2 nitrogen and oxygen atoms in total. The number of rotatable bonds is 2. The highest BCUT2D eigenvalue weighted by Gasteiger charge is 2.44. The fraction of sp³-hybridized carbons (Fsp3) is 0.667. The van der Waals surface area contributed by atoms with Crippen LogP contribution in [0.2, 0.25) is 0 Å². The molecule has 11 heavy (non-hydrogen) atoms. The van der Waals surface area contributed by atoms with E-state index in [0.717, 1.165) is 19.3 Å². The zero-order valence-electron chi connectivity index (χ0n) is 6.84. The summed E-state index contributed by atoms with van der Waals surface area (Å²) in [6.45, 7) is 5.59. The smallest absolute Gasteiger partial charge is 0.313 e. The molecular formula is C9H14O2. The van der Waals surface area contributed by atoms with E-state index in [4.69, 9.17) is 5.11 Å². The van der Waals surface area contributed by atoms with Crippen LogP contribution in [0.5, 0.6) is 0 Å². The molecule has 1 aliphatic carbocycles. The van der Waals surface area contributed by atoms with Crippen LogP contribution in [0, 0.1) is 11.3 Å². The summed E-state index contributed by atoms with van der Waals surface area (Å²) < 4.78 is 0. The van der Waals surface area contributed by atoms with E-state index >= 15 is 0 Å². The van der Waals surface area contributed by atoms with E-state index in [9.17, 15) is 4.79 Å². The summed E-state index contributed by atoms with van der Waals surface area (Å²) in [5.74, 6) is -0.463. The van der Waals surface area contributed by atoms with Crippen LogP contribution in [0.4, 0.5) is 0 Å². The zero-order chi connectivity index (χ0) is 8.48. The molecule has 0 bridgehead atoms. The van der Waals surface area contributed by atoms with Crippen LogP contribution in [-0.4, -0.2) is 11.1 Å². The molecule has 0 aromatic heterocycles. The molecule has 1 N–H and O–H groups in total. The van der Waals surface area contributed by atoms with Crippen LogP contribution < -0.4 is 0 Å². The van der Waals surface area contributed by atoms with Gasteiger partial charge in [0.05, 0.1) is 5.41 Å². The first-order valence-electron chi connectivity index (χ1n) is 4.00. The van der Waals surface area contributed by atoms with Gasteiger partial charge in [-0.2, -0.15) is 0 Å². The SMILES string of the molecule is C=CC1(C(=O)O)CCCC1C. The second-order valence-corrected chi connectivity index (χ2v) is 3.34. The Morgan fingerprint density at radius 2 is 2.45 bits per heavy atom. The third-order valence-corrected chi connectivity index (χ3v) is 2.87. The van der Waals surface area contributed by atoms with Crippen molar-refractivity contribution in [1.82, 2.24) is 0 Å². The predicted molar refractivity (Wildman–Crippen MR) is 43.3 cm³/mol. The van der Waals surface area contributed by atoms with E-state index in [1.54, 1.807) is 6.08 Å². The molecule has 0 heterocycles. The quantitative estimate of drug-likeness (QED) is 0.618. The minimum atomic E-state index is -0.711. The normalized spacial score (nSPS) is 37.0. The Hall–Kier alpha value is -0.790.